The number of nitrogens with zero attached hydrogens (tertiary/aromatic N) is 2. The molecule has 0 aliphatic heterocycles. The van der Waals surface area contributed by atoms with Crippen molar-refractivity contribution >= 4 is 11.9 Å². The largest absolute Gasteiger partial charge is 0.418 e. The Kier molecular flexibility index (Phi) is 3.79. The number of para-hydroxylation sites is 1. The lowest BCUT2D eigenvalue weighted by molar-refractivity contribution is -0.136. The molecule has 1 aromatic carbocycles. The van der Waals surface area contributed by atoms with Gasteiger partial charge in [-0.1, -0.05) is 18.2 Å². The van der Waals surface area contributed by atoms with Gasteiger partial charge in [-0.2, -0.15) is 18.3 Å². The SMILES string of the molecule is FC(F)(F)c1ccccc1N/N=C\c1cccnc1. The summed E-state index contributed by atoms with van der Waals surface area (Å²) in [6.07, 6.45) is 0.151. The molecule has 3 nitrogen and oxygen atoms in total. The first-order valence-electron chi connectivity index (χ1n) is 5.43. The molecule has 1 aromatic heterocycles. The summed E-state index contributed by atoms with van der Waals surface area (Å²) in [6, 6.07) is 8.63. The molecule has 1 heterocycles. The number of benzene rings is 1. The Bertz CT molecular complexity index is 565. The predicted octanol–water partition coefficient (Wildman–Crippen LogP) is 3.55. The molecule has 0 aliphatic carbocycles. The van der Waals surface area contributed by atoms with Crippen molar-refractivity contribution < 1.29 is 13.2 Å². The van der Waals surface area contributed by atoms with E-state index in [0.29, 0.717) is 5.56 Å². The summed E-state index contributed by atoms with van der Waals surface area (Å²) in [5.74, 6) is 0. The Balaban J connectivity index is 2.14. The summed E-state index contributed by atoms with van der Waals surface area (Å²) in [5.41, 5.74) is 2.24. The van der Waals surface area contributed by atoms with Crippen LogP contribution in [-0.4, -0.2) is 11.2 Å². The van der Waals surface area contributed by atoms with Gasteiger partial charge >= 0.3 is 6.18 Å². The lowest BCUT2D eigenvalue weighted by Gasteiger charge is -2.11. The first-order chi connectivity index (χ1) is 9.07. The van der Waals surface area contributed by atoms with Crippen molar-refractivity contribution in [1.29, 1.82) is 0 Å². The highest BCUT2D eigenvalue weighted by Crippen LogP contribution is 2.34. The van der Waals surface area contributed by atoms with E-state index in [0.717, 1.165) is 6.07 Å². The number of hydrogen-bond donors (Lipinski definition) is 1. The van der Waals surface area contributed by atoms with Crippen LogP contribution in [0.1, 0.15) is 11.1 Å². The predicted molar refractivity (Wildman–Crippen MR) is 66.9 cm³/mol. The van der Waals surface area contributed by atoms with Gasteiger partial charge in [-0.05, 0) is 18.2 Å². The second-order valence-electron chi connectivity index (χ2n) is 3.70. The van der Waals surface area contributed by atoms with Crippen molar-refractivity contribution in [2.45, 2.75) is 6.18 Å². The molecule has 0 fully saturated rings. The Morgan fingerprint density at radius 1 is 1.11 bits per heavy atom. The van der Waals surface area contributed by atoms with Crippen LogP contribution in [0.25, 0.3) is 0 Å². The highest BCUT2D eigenvalue weighted by Gasteiger charge is 2.33. The molecule has 0 spiro atoms. The Morgan fingerprint density at radius 2 is 1.89 bits per heavy atom. The molecule has 1 N–H and O–H groups in total. The van der Waals surface area contributed by atoms with Crippen molar-refractivity contribution in [3.63, 3.8) is 0 Å². The number of halogens is 3. The van der Waals surface area contributed by atoms with Crippen LogP contribution in [0.4, 0.5) is 18.9 Å². The zero-order valence-corrected chi connectivity index (χ0v) is 9.72. The van der Waals surface area contributed by atoms with E-state index in [1.54, 1.807) is 24.5 Å². The normalized spacial score (nSPS) is 11.7. The molecule has 0 saturated carbocycles. The van der Waals surface area contributed by atoms with E-state index in [-0.39, 0.29) is 5.69 Å². The highest BCUT2D eigenvalue weighted by atomic mass is 19.4. The molecule has 0 bridgehead atoms. The molecule has 0 unspecified atom stereocenters. The van der Waals surface area contributed by atoms with Gasteiger partial charge in [0.05, 0.1) is 17.5 Å². The van der Waals surface area contributed by atoms with Crippen LogP contribution >= 0.6 is 0 Å². The third-order valence-corrected chi connectivity index (χ3v) is 2.32. The summed E-state index contributed by atoms with van der Waals surface area (Å²) < 4.78 is 38.1. The summed E-state index contributed by atoms with van der Waals surface area (Å²) >= 11 is 0. The maximum absolute atomic E-state index is 12.7. The van der Waals surface area contributed by atoms with Crippen LogP contribution in [0.2, 0.25) is 0 Å². The van der Waals surface area contributed by atoms with Crippen LogP contribution in [-0.2, 0) is 6.18 Å². The molecule has 6 heteroatoms. The number of aromatic nitrogens is 1. The van der Waals surface area contributed by atoms with E-state index in [4.69, 9.17) is 0 Å². The van der Waals surface area contributed by atoms with E-state index in [1.165, 1.54) is 24.4 Å². The number of nitrogens with one attached hydrogen (secondary N) is 1. The maximum Gasteiger partial charge on any atom is 0.418 e. The van der Waals surface area contributed by atoms with E-state index in [1.807, 2.05) is 0 Å². The lowest BCUT2D eigenvalue weighted by atomic mass is 10.2. The van der Waals surface area contributed by atoms with Gasteiger partial charge in [0.2, 0.25) is 0 Å². The first-order valence-corrected chi connectivity index (χ1v) is 5.43. The summed E-state index contributed by atoms with van der Waals surface area (Å²) in [7, 11) is 0. The molecule has 98 valence electrons. The zero-order valence-electron chi connectivity index (χ0n) is 9.72. The minimum atomic E-state index is -4.41. The molecule has 0 amide bonds. The standard InChI is InChI=1S/C13H10F3N3/c14-13(15,16)11-5-1-2-6-12(11)19-18-9-10-4-3-7-17-8-10/h1-9,19H/b18-9-. The van der Waals surface area contributed by atoms with Gasteiger partial charge in [-0.15, -0.1) is 0 Å². The third-order valence-electron chi connectivity index (χ3n) is 2.32. The number of alkyl halides is 3. The minimum Gasteiger partial charge on any atom is -0.278 e. The number of rotatable bonds is 3. The number of hydrazone groups is 1. The van der Waals surface area contributed by atoms with Gasteiger partial charge < -0.3 is 0 Å². The molecule has 0 aliphatic rings. The van der Waals surface area contributed by atoms with Crippen molar-refractivity contribution in [2.75, 3.05) is 5.43 Å². The fourth-order valence-corrected chi connectivity index (χ4v) is 1.46. The molecule has 19 heavy (non-hydrogen) atoms. The van der Waals surface area contributed by atoms with E-state index in [9.17, 15) is 13.2 Å². The fraction of sp³-hybridized carbons (Fsp3) is 0.0769. The Labute approximate surface area is 107 Å². The van der Waals surface area contributed by atoms with Crippen molar-refractivity contribution in [2.24, 2.45) is 5.10 Å². The third kappa shape index (κ3) is 3.54. The molecule has 0 radical (unpaired) electrons. The molecular formula is C13H10F3N3. The summed E-state index contributed by atoms with van der Waals surface area (Å²) in [4.78, 5) is 3.87. The van der Waals surface area contributed by atoms with Gasteiger partial charge in [-0.25, -0.2) is 0 Å². The summed E-state index contributed by atoms with van der Waals surface area (Å²) in [6.45, 7) is 0. The van der Waals surface area contributed by atoms with Gasteiger partial charge in [0.1, 0.15) is 0 Å². The van der Waals surface area contributed by atoms with Crippen molar-refractivity contribution in [3.8, 4) is 0 Å². The van der Waals surface area contributed by atoms with E-state index in [2.05, 4.69) is 15.5 Å². The van der Waals surface area contributed by atoms with E-state index < -0.39 is 11.7 Å². The Morgan fingerprint density at radius 3 is 2.58 bits per heavy atom. The number of hydrogen-bond acceptors (Lipinski definition) is 3. The van der Waals surface area contributed by atoms with Gasteiger partial charge in [0, 0.05) is 18.0 Å². The molecule has 2 aromatic rings. The van der Waals surface area contributed by atoms with Gasteiger partial charge in [-0.3, -0.25) is 10.4 Å². The van der Waals surface area contributed by atoms with Gasteiger partial charge in [0.25, 0.3) is 0 Å². The Hall–Kier alpha value is -2.37. The lowest BCUT2D eigenvalue weighted by Crippen LogP contribution is -2.08. The second kappa shape index (κ2) is 5.51. The maximum atomic E-state index is 12.7. The highest BCUT2D eigenvalue weighted by molar-refractivity contribution is 5.79. The average Bonchev–Trinajstić information content (AvgIpc) is 2.39. The minimum absolute atomic E-state index is 0.0878. The number of pyridine rings is 1. The number of anilines is 1. The van der Waals surface area contributed by atoms with Crippen molar-refractivity contribution in [3.05, 3.63) is 59.9 Å². The monoisotopic (exact) mass is 265 g/mol. The second-order valence-corrected chi connectivity index (χ2v) is 3.70. The molecule has 2 rings (SSSR count). The zero-order chi connectivity index (χ0) is 13.7. The smallest absolute Gasteiger partial charge is 0.278 e. The van der Waals surface area contributed by atoms with Crippen LogP contribution in [0.15, 0.2) is 53.9 Å². The van der Waals surface area contributed by atoms with Crippen molar-refractivity contribution in [1.82, 2.24) is 4.98 Å². The van der Waals surface area contributed by atoms with Crippen LogP contribution in [0.3, 0.4) is 0 Å². The van der Waals surface area contributed by atoms with Gasteiger partial charge in [0.15, 0.2) is 0 Å². The van der Waals surface area contributed by atoms with E-state index >= 15 is 0 Å². The fourth-order valence-electron chi connectivity index (χ4n) is 1.46. The summed E-state index contributed by atoms with van der Waals surface area (Å²) in [5, 5.41) is 3.77. The molecule has 0 saturated heterocycles. The first kappa shape index (κ1) is 13.1. The average molecular weight is 265 g/mol. The topological polar surface area (TPSA) is 37.3 Å². The molecular weight excluding hydrogens is 255 g/mol. The van der Waals surface area contributed by atoms with Crippen LogP contribution in [0, 0.1) is 0 Å². The van der Waals surface area contributed by atoms with Crippen LogP contribution in [0.5, 0.6) is 0 Å². The molecule has 0 atom stereocenters. The quantitative estimate of drug-likeness (QED) is 0.680. The van der Waals surface area contributed by atoms with Crippen LogP contribution < -0.4 is 5.43 Å².